The number of aromatic nitrogens is 2. The highest BCUT2D eigenvalue weighted by Gasteiger charge is 2.22. The number of halogens is 2. The van der Waals surface area contributed by atoms with E-state index < -0.39 is 5.82 Å². The summed E-state index contributed by atoms with van der Waals surface area (Å²) in [6, 6.07) is 5.31. The van der Waals surface area contributed by atoms with E-state index in [1.54, 1.807) is 0 Å². The molecule has 2 aromatic heterocycles. The summed E-state index contributed by atoms with van der Waals surface area (Å²) in [6.07, 6.45) is 5.47. The lowest BCUT2D eigenvalue weighted by Gasteiger charge is -2.22. The lowest BCUT2D eigenvalue weighted by molar-refractivity contribution is 0.000283. The minimum Gasteiger partial charge on any atom is -0.395 e. The van der Waals surface area contributed by atoms with E-state index in [2.05, 4.69) is 26.3 Å². The molecular weight excluding hydrogens is 395 g/mol. The van der Waals surface area contributed by atoms with E-state index in [1.807, 2.05) is 26.8 Å². The molecule has 0 bridgehead atoms. The van der Waals surface area contributed by atoms with Gasteiger partial charge in [0.1, 0.15) is 24.6 Å². The number of nitrogens with zero attached hydrogens (tertiary/aromatic N) is 4. The molecule has 0 saturated carbocycles. The predicted molar refractivity (Wildman–Crippen MR) is 111 cm³/mol. The molecule has 0 unspecified atom stereocenters. The van der Waals surface area contributed by atoms with Crippen LogP contribution in [0.25, 0.3) is 0 Å². The van der Waals surface area contributed by atoms with Gasteiger partial charge in [-0.3, -0.25) is 9.97 Å². The molecule has 0 amide bonds. The van der Waals surface area contributed by atoms with Crippen LogP contribution in [0.3, 0.4) is 0 Å². The molecule has 6 nitrogen and oxygen atoms in total. The molecular formula is C21H24ClFN4O2. The largest absolute Gasteiger partial charge is 0.395 e. The molecule has 29 heavy (non-hydrogen) atoms. The molecule has 2 heterocycles. The second-order valence-electron chi connectivity index (χ2n) is 7.82. The van der Waals surface area contributed by atoms with Gasteiger partial charge in [-0.1, -0.05) is 41.8 Å². The van der Waals surface area contributed by atoms with E-state index in [4.69, 9.17) is 21.3 Å². The Morgan fingerprint density at radius 2 is 2.03 bits per heavy atom. The van der Waals surface area contributed by atoms with Crippen LogP contribution in [0.1, 0.15) is 49.3 Å². The van der Waals surface area contributed by atoms with Crippen LogP contribution < -0.4 is 0 Å². The monoisotopic (exact) mass is 418 g/mol. The van der Waals surface area contributed by atoms with Gasteiger partial charge in [-0.05, 0) is 43.9 Å². The zero-order valence-corrected chi connectivity index (χ0v) is 17.5. The first kappa shape index (κ1) is 21.2. The summed E-state index contributed by atoms with van der Waals surface area (Å²) in [5, 5.41) is 8.35. The first-order chi connectivity index (χ1) is 13.8. The average molecular weight is 419 g/mol. The zero-order valence-electron chi connectivity index (χ0n) is 16.8. The molecule has 0 atom stereocenters. The summed E-state index contributed by atoms with van der Waals surface area (Å²) < 4.78 is 13.7. The number of oxime groups is 2. The average Bonchev–Trinajstić information content (AvgIpc) is 2.67. The lowest BCUT2D eigenvalue weighted by Crippen LogP contribution is -2.24. The van der Waals surface area contributed by atoms with Gasteiger partial charge < -0.3 is 9.68 Å². The van der Waals surface area contributed by atoms with Gasteiger partial charge in [-0.2, -0.15) is 0 Å². The van der Waals surface area contributed by atoms with Gasteiger partial charge in [0.05, 0.1) is 16.9 Å². The first-order valence-electron chi connectivity index (χ1n) is 9.46. The van der Waals surface area contributed by atoms with Crippen molar-refractivity contribution >= 4 is 23.5 Å². The third-order valence-corrected chi connectivity index (χ3v) is 4.63. The Balaban J connectivity index is 1.52. The van der Waals surface area contributed by atoms with Gasteiger partial charge in [-0.15, -0.1) is 0 Å². The molecule has 1 aliphatic carbocycles. The van der Waals surface area contributed by atoms with Gasteiger partial charge in [-0.25, -0.2) is 4.39 Å². The minimum absolute atomic E-state index is 0.0635. The lowest BCUT2D eigenvalue weighted by atomic mass is 9.94. The maximum Gasteiger partial charge on any atom is 0.152 e. The smallest absolute Gasteiger partial charge is 0.152 e. The van der Waals surface area contributed by atoms with Crippen molar-refractivity contribution in [2.45, 2.75) is 40.0 Å². The molecule has 0 N–H and O–H groups in total. The highest BCUT2D eigenvalue weighted by molar-refractivity contribution is 6.30. The van der Waals surface area contributed by atoms with Crippen LogP contribution in [0.5, 0.6) is 0 Å². The number of pyridine rings is 2. The van der Waals surface area contributed by atoms with Crippen molar-refractivity contribution in [3.8, 4) is 0 Å². The minimum atomic E-state index is -0.556. The van der Waals surface area contributed by atoms with Crippen molar-refractivity contribution in [2.75, 3.05) is 13.2 Å². The van der Waals surface area contributed by atoms with Crippen molar-refractivity contribution < 1.29 is 14.1 Å². The SMILES string of the molecule is Cc1ccc2c(n1)/C(=N/OCC(C)(C)CO/N=C/c1ncc(Cl)cc1F)CCC2. The van der Waals surface area contributed by atoms with Gasteiger partial charge in [0.2, 0.25) is 0 Å². The van der Waals surface area contributed by atoms with Crippen molar-refractivity contribution in [3.05, 3.63) is 57.9 Å². The van der Waals surface area contributed by atoms with Crippen LogP contribution >= 0.6 is 11.6 Å². The van der Waals surface area contributed by atoms with Crippen LogP contribution in [0.4, 0.5) is 4.39 Å². The van der Waals surface area contributed by atoms with E-state index in [0.29, 0.717) is 6.61 Å². The Bertz CT molecular complexity index is 931. The van der Waals surface area contributed by atoms with E-state index in [-0.39, 0.29) is 22.7 Å². The molecule has 0 aromatic carbocycles. The van der Waals surface area contributed by atoms with Crippen molar-refractivity contribution in [3.63, 3.8) is 0 Å². The van der Waals surface area contributed by atoms with Crippen LogP contribution in [0.15, 0.2) is 34.7 Å². The highest BCUT2D eigenvalue weighted by atomic mass is 35.5. The normalized spacial score (nSPS) is 15.6. The Labute approximate surface area is 174 Å². The van der Waals surface area contributed by atoms with Crippen LogP contribution in [0, 0.1) is 18.2 Å². The van der Waals surface area contributed by atoms with Crippen LogP contribution in [-0.2, 0) is 16.1 Å². The number of aryl methyl sites for hydroxylation is 2. The molecule has 2 aromatic rings. The number of hydrogen-bond donors (Lipinski definition) is 0. The van der Waals surface area contributed by atoms with Crippen molar-refractivity contribution in [2.24, 2.45) is 15.7 Å². The summed E-state index contributed by atoms with van der Waals surface area (Å²) in [4.78, 5) is 19.4. The van der Waals surface area contributed by atoms with Crippen LogP contribution in [-0.4, -0.2) is 35.1 Å². The fourth-order valence-electron chi connectivity index (χ4n) is 2.84. The van der Waals surface area contributed by atoms with Gasteiger partial charge in [0.25, 0.3) is 0 Å². The molecule has 1 aliphatic rings. The summed E-state index contributed by atoms with van der Waals surface area (Å²) >= 11 is 5.67. The van der Waals surface area contributed by atoms with Crippen LogP contribution in [0.2, 0.25) is 5.02 Å². The summed E-state index contributed by atoms with van der Waals surface area (Å²) in [7, 11) is 0. The first-order valence-corrected chi connectivity index (χ1v) is 9.84. The van der Waals surface area contributed by atoms with Crippen molar-refractivity contribution in [1.82, 2.24) is 9.97 Å². The molecule has 8 heteroatoms. The third-order valence-electron chi connectivity index (χ3n) is 4.42. The van der Waals surface area contributed by atoms with Crippen molar-refractivity contribution in [1.29, 1.82) is 0 Å². The molecule has 0 aliphatic heterocycles. The number of hydrogen-bond acceptors (Lipinski definition) is 6. The molecule has 0 spiro atoms. The molecule has 3 rings (SSSR count). The quantitative estimate of drug-likeness (QED) is 0.482. The van der Waals surface area contributed by atoms with E-state index >= 15 is 0 Å². The van der Waals surface area contributed by atoms with E-state index in [9.17, 15) is 4.39 Å². The topological polar surface area (TPSA) is 69.0 Å². The molecule has 154 valence electrons. The van der Waals surface area contributed by atoms with E-state index in [0.717, 1.165) is 36.4 Å². The Hall–Kier alpha value is -2.54. The fraction of sp³-hybridized carbons (Fsp3) is 0.429. The maximum absolute atomic E-state index is 13.7. The molecule has 0 saturated heterocycles. The third kappa shape index (κ3) is 5.97. The second-order valence-corrected chi connectivity index (χ2v) is 8.25. The van der Waals surface area contributed by atoms with E-state index in [1.165, 1.54) is 24.0 Å². The predicted octanol–water partition coefficient (Wildman–Crippen LogP) is 4.71. The summed E-state index contributed by atoms with van der Waals surface area (Å²) in [5.74, 6) is -0.556. The molecule has 0 radical (unpaired) electrons. The standard InChI is InChI=1S/C21H24ClFN4O2/c1-14-7-8-15-5-4-6-18(20(15)26-14)27-29-13-21(2,3)12-28-25-11-19-17(23)9-16(22)10-24-19/h7-11H,4-6,12-13H2,1-3H3/b25-11+,27-18+. The molecule has 0 fully saturated rings. The van der Waals surface area contributed by atoms with Gasteiger partial charge in [0.15, 0.2) is 5.82 Å². The second kappa shape index (κ2) is 9.31. The number of rotatable bonds is 7. The van der Waals surface area contributed by atoms with Gasteiger partial charge in [0, 0.05) is 17.3 Å². The maximum atomic E-state index is 13.7. The highest BCUT2D eigenvalue weighted by Crippen LogP contribution is 2.22. The Morgan fingerprint density at radius 3 is 2.83 bits per heavy atom. The Morgan fingerprint density at radius 1 is 1.24 bits per heavy atom. The fourth-order valence-corrected chi connectivity index (χ4v) is 2.98. The van der Waals surface area contributed by atoms with Gasteiger partial charge >= 0.3 is 0 Å². The Kier molecular flexibility index (Phi) is 6.79. The number of fused-ring (bicyclic) bond motifs is 1. The zero-order chi connectivity index (χ0) is 20.9. The summed E-state index contributed by atoms with van der Waals surface area (Å²) in [5.41, 5.74) is 3.72. The summed E-state index contributed by atoms with van der Waals surface area (Å²) in [6.45, 7) is 6.54.